The molecule has 0 aromatic heterocycles. The van der Waals surface area contributed by atoms with Gasteiger partial charge < -0.3 is 20.5 Å². The van der Waals surface area contributed by atoms with E-state index in [1.54, 1.807) is 0 Å². The lowest BCUT2D eigenvalue weighted by Crippen LogP contribution is -2.17. The van der Waals surface area contributed by atoms with Gasteiger partial charge in [-0.25, -0.2) is 0 Å². The average Bonchev–Trinajstić information content (AvgIpc) is 2.59. The zero-order chi connectivity index (χ0) is 15.8. The molecule has 0 saturated carbocycles. The van der Waals surface area contributed by atoms with Crippen LogP contribution in [0, 0.1) is 0 Å². The minimum Gasteiger partial charge on any atom is -0.322 e. The Labute approximate surface area is 131 Å². The molecule has 22 heavy (non-hydrogen) atoms. The first kappa shape index (κ1) is 16.9. The van der Waals surface area contributed by atoms with E-state index in [0.717, 1.165) is 11.1 Å². The maximum atomic E-state index is 11.7. The van der Waals surface area contributed by atoms with Crippen molar-refractivity contribution >= 4 is 8.25 Å². The van der Waals surface area contributed by atoms with Crippen molar-refractivity contribution < 1.29 is 13.6 Å². The zero-order valence-corrected chi connectivity index (χ0v) is 13.2. The summed E-state index contributed by atoms with van der Waals surface area (Å²) in [7, 11) is -2.60. The second-order valence-electron chi connectivity index (χ2n) is 4.91. The zero-order valence-electron chi connectivity index (χ0n) is 12.2. The van der Waals surface area contributed by atoms with Crippen molar-refractivity contribution in [2.75, 3.05) is 13.2 Å². The van der Waals surface area contributed by atoms with Crippen LogP contribution in [0.25, 0.3) is 0 Å². The van der Waals surface area contributed by atoms with Crippen LogP contribution < -0.4 is 11.5 Å². The Morgan fingerprint density at radius 2 is 1.14 bits per heavy atom. The van der Waals surface area contributed by atoms with Gasteiger partial charge in [-0.2, -0.15) is 0 Å². The van der Waals surface area contributed by atoms with Crippen LogP contribution in [0.1, 0.15) is 23.2 Å². The Bertz CT molecular complexity index is 529. The molecule has 2 rings (SSSR count). The van der Waals surface area contributed by atoms with Gasteiger partial charge in [-0.3, -0.25) is 4.57 Å². The average molecular weight is 320 g/mol. The summed E-state index contributed by atoms with van der Waals surface area (Å²) in [4.78, 5) is 0. The fourth-order valence-electron chi connectivity index (χ4n) is 1.95. The second-order valence-corrected chi connectivity index (χ2v) is 5.98. The lowest BCUT2D eigenvalue weighted by Gasteiger charge is -2.14. The molecule has 0 fully saturated rings. The molecule has 2 atom stereocenters. The SMILES string of the molecule is NC(CO[PH](=O)OCC(N)c1ccccc1)c1ccccc1. The highest BCUT2D eigenvalue weighted by atomic mass is 31.1. The van der Waals surface area contributed by atoms with E-state index in [1.165, 1.54) is 0 Å². The van der Waals surface area contributed by atoms with Crippen molar-refractivity contribution in [3.05, 3.63) is 71.8 Å². The third kappa shape index (κ3) is 5.37. The molecule has 0 heterocycles. The number of hydrogen-bond donors (Lipinski definition) is 2. The molecule has 0 aliphatic carbocycles. The van der Waals surface area contributed by atoms with Gasteiger partial charge in [0.2, 0.25) is 0 Å². The van der Waals surface area contributed by atoms with E-state index in [1.807, 2.05) is 60.7 Å². The van der Waals surface area contributed by atoms with E-state index in [-0.39, 0.29) is 25.3 Å². The van der Waals surface area contributed by atoms with Crippen LogP contribution in [0.3, 0.4) is 0 Å². The number of rotatable bonds is 8. The maximum absolute atomic E-state index is 11.7. The third-order valence-electron chi connectivity index (χ3n) is 3.22. The largest absolute Gasteiger partial charge is 0.322 e. The minimum atomic E-state index is -2.60. The van der Waals surface area contributed by atoms with Gasteiger partial charge in [-0.15, -0.1) is 0 Å². The predicted octanol–water partition coefficient (Wildman–Crippen LogP) is 2.81. The van der Waals surface area contributed by atoms with Crippen LogP contribution >= 0.6 is 8.25 Å². The van der Waals surface area contributed by atoms with E-state index in [4.69, 9.17) is 20.5 Å². The van der Waals surface area contributed by atoms with Crippen molar-refractivity contribution in [1.82, 2.24) is 0 Å². The van der Waals surface area contributed by atoms with Crippen molar-refractivity contribution in [1.29, 1.82) is 0 Å². The van der Waals surface area contributed by atoms with Crippen LogP contribution in [-0.4, -0.2) is 13.2 Å². The normalized spacial score (nSPS) is 15.2. The van der Waals surface area contributed by atoms with E-state index in [2.05, 4.69) is 0 Å². The first-order valence-electron chi connectivity index (χ1n) is 7.07. The van der Waals surface area contributed by atoms with E-state index < -0.39 is 8.25 Å². The minimum absolute atomic E-state index is 0.141. The second kappa shape index (κ2) is 8.83. The Morgan fingerprint density at radius 3 is 1.50 bits per heavy atom. The van der Waals surface area contributed by atoms with Gasteiger partial charge >= 0.3 is 8.25 Å². The molecule has 6 heteroatoms. The summed E-state index contributed by atoms with van der Waals surface area (Å²) in [5, 5.41) is 0. The summed E-state index contributed by atoms with van der Waals surface area (Å²) in [6.07, 6.45) is 0. The highest BCUT2D eigenvalue weighted by molar-refractivity contribution is 7.33. The molecule has 4 N–H and O–H groups in total. The molecule has 0 spiro atoms. The molecule has 118 valence electrons. The maximum Gasteiger partial charge on any atom is 0.319 e. The van der Waals surface area contributed by atoms with Gasteiger partial charge in [-0.1, -0.05) is 60.7 Å². The quantitative estimate of drug-likeness (QED) is 0.730. The van der Waals surface area contributed by atoms with Crippen molar-refractivity contribution in [2.24, 2.45) is 11.5 Å². The van der Waals surface area contributed by atoms with Crippen LogP contribution in [0.4, 0.5) is 0 Å². The molecule has 2 aromatic carbocycles. The fraction of sp³-hybridized carbons (Fsp3) is 0.250. The fourth-order valence-corrected chi connectivity index (χ4v) is 2.66. The predicted molar refractivity (Wildman–Crippen MR) is 87.6 cm³/mol. The van der Waals surface area contributed by atoms with Crippen LogP contribution in [0.2, 0.25) is 0 Å². The Morgan fingerprint density at radius 1 is 0.773 bits per heavy atom. The summed E-state index contributed by atoms with van der Waals surface area (Å²) in [6.45, 7) is 0.283. The number of benzene rings is 2. The molecule has 5 nitrogen and oxygen atoms in total. The lowest BCUT2D eigenvalue weighted by molar-refractivity contribution is 0.207. The summed E-state index contributed by atoms with van der Waals surface area (Å²) < 4.78 is 22.1. The number of hydrogen-bond acceptors (Lipinski definition) is 5. The van der Waals surface area contributed by atoms with Crippen LogP contribution in [0.15, 0.2) is 60.7 Å². The Kier molecular flexibility index (Phi) is 6.77. The van der Waals surface area contributed by atoms with Gasteiger partial charge in [0.05, 0.1) is 25.3 Å². The number of nitrogens with two attached hydrogens (primary N) is 2. The summed E-state index contributed by atoms with van der Waals surface area (Å²) in [6, 6.07) is 18.3. The van der Waals surface area contributed by atoms with Crippen LogP contribution in [-0.2, 0) is 13.6 Å². The van der Waals surface area contributed by atoms with Crippen LogP contribution in [0.5, 0.6) is 0 Å². The highest BCUT2D eigenvalue weighted by Gasteiger charge is 2.11. The molecule has 0 saturated heterocycles. The van der Waals surface area contributed by atoms with Crippen molar-refractivity contribution in [3.8, 4) is 0 Å². The van der Waals surface area contributed by atoms with Gasteiger partial charge in [0.15, 0.2) is 0 Å². The standard InChI is InChI=1S/C16H21N2O3P/c17-15(13-7-3-1-4-8-13)11-20-22(19)21-12-16(18)14-9-5-2-6-10-14/h1-10,15-16,22H,11-12,17-18H2. The van der Waals surface area contributed by atoms with E-state index in [0.29, 0.717) is 0 Å². The van der Waals surface area contributed by atoms with Crippen molar-refractivity contribution in [3.63, 3.8) is 0 Å². The molecule has 0 aliphatic rings. The summed E-state index contributed by atoms with van der Waals surface area (Å²) >= 11 is 0. The first-order chi connectivity index (χ1) is 10.7. The molecule has 0 radical (unpaired) electrons. The molecule has 2 aromatic rings. The summed E-state index contributed by atoms with van der Waals surface area (Å²) in [5.74, 6) is 0. The van der Waals surface area contributed by atoms with Crippen molar-refractivity contribution in [2.45, 2.75) is 12.1 Å². The van der Waals surface area contributed by atoms with Gasteiger partial charge in [0.25, 0.3) is 0 Å². The highest BCUT2D eigenvalue weighted by Crippen LogP contribution is 2.27. The monoisotopic (exact) mass is 320 g/mol. The summed E-state index contributed by atoms with van der Waals surface area (Å²) in [5.41, 5.74) is 13.8. The van der Waals surface area contributed by atoms with Gasteiger partial charge in [0, 0.05) is 0 Å². The first-order valence-corrected chi connectivity index (χ1v) is 8.30. The molecule has 0 bridgehead atoms. The molecule has 0 amide bonds. The smallest absolute Gasteiger partial charge is 0.319 e. The molecule has 0 aliphatic heterocycles. The Hall–Kier alpha value is -1.49. The van der Waals surface area contributed by atoms with Gasteiger partial charge in [-0.05, 0) is 11.1 Å². The molecular formula is C16H21N2O3P. The van der Waals surface area contributed by atoms with Gasteiger partial charge in [0.1, 0.15) is 0 Å². The topological polar surface area (TPSA) is 87.6 Å². The third-order valence-corrected chi connectivity index (χ3v) is 4.02. The lowest BCUT2D eigenvalue weighted by atomic mass is 10.1. The van der Waals surface area contributed by atoms with E-state index in [9.17, 15) is 4.57 Å². The Balaban J connectivity index is 1.72. The van der Waals surface area contributed by atoms with E-state index >= 15 is 0 Å². The molecular weight excluding hydrogens is 299 g/mol. The molecule has 2 unspecified atom stereocenters.